The number of hydrogen-bond donors (Lipinski definition) is 2. The van der Waals surface area contributed by atoms with Crippen molar-refractivity contribution in [3.63, 3.8) is 0 Å². The van der Waals surface area contributed by atoms with Gasteiger partial charge in [0.15, 0.2) is 0 Å². The van der Waals surface area contributed by atoms with Gasteiger partial charge in [0.05, 0.1) is 23.1 Å². The normalized spacial score (nSPS) is 15.8. The van der Waals surface area contributed by atoms with Crippen LogP contribution in [0.3, 0.4) is 0 Å². The number of amides is 1. The molecule has 7 nitrogen and oxygen atoms in total. The molecule has 2 aromatic rings. The molecule has 0 aromatic carbocycles. The molecule has 3 heterocycles. The Labute approximate surface area is 129 Å². The minimum absolute atomic E-state index is 0.189. The molecule has 0 aliphatic carbocycles. The van der Waals surface area contributed by atoms with Crippen LogP contribution in [0.25, 0.3) is 0 Å². The van der Waals surface area contributed by atoms with Gasteiger partial charge in [0.25, 0.3) is 5.91 Å². The molecule has 22 heavy (non-hydrogen) atoms. The lowest BCUT2D eigenvalue weighted by Crippen LogP contribution is -2.44. The molecule has 3 rings (SSSR count). The number of H-pyrrole nitrogens is 1. The molecular weight excluding hydrogens is 280 g/mol. The Morgan fingerprint density at radius 2 is 2.05 bits per heavy atom. The summed E-state index contributed by atoms with van der Waals surface area (Å²) in [5.41, 5.74) is 2.04. The van der Waals surface area contributed by atoms with Crippen molar-refractivity contribution in [3.05, 3.63) is 35.8 Å². The van der Waals surface area contributed by atoms with Gasteiger partial charge in [-0.1, -0.05) is 0 Å². The summed E-state index contributed by atoms with van der Waals surface area (Å²) in [4.78, 5) is 21.2. The number of aromatic amines is 1. The highest BCUT2D eigenvalue weighted by Crippen LogP contribution is 2.20. The average Bonchev–Trinajstić information content (AvgIpc) is 3.04. The third-order valence-corrected chi connectivity index (χ3v) is 3.91. The molecule has 1 fully saturated rings. The molecule has 0 spiro atoms. The Hall–Kier alpha value is -2.41. The molecule has 1 aliphatic heterocycles. The maximum absolute atomic E-state index is 12.0. The number of pyridine rings is 1. The number of piperazine rings is 1. The number of carbonyl (C=O) groups excluding carboxylic acids is 1. The zero-order valence-corrected chi connectivity index (χ0v) is 12.8. The summed E-state index contributed by atoms with van der Waals surface area (Å²) in [5, 5.41) is 9.27. The fourth-order valence-corrected chi connectivity index (χ4v) is 2.46. The molecule has 1 aliphatic rings. The van der Waals surface area contributed by atoms with Crippen LogP contribution in [-0.2, 0) is 0 Å². The number of aryl methyl sites for hydroxylation is 1. The molecular formula is C15H20N6O. The molecule has 0 bridgehead atoms. The Bertz CT molecular complexity index is 646. The van der Waals surface area contributed by atoms with E-state index in [2.05, 4.69) is 37.3 Å². The number of nitrogens with one attached hydrogen (secondary N) is 2. The predicted octanol–water partition coefficient (Wildman–Crippen LogP) is 1.12. The minimum Gasteiger partial charge on any atom is -0.354 e. The molecule has 1 amide bonds. The maximum atomic E-state index is 12.0. The van der Waals surface area contributed by atoms with Gasteiger partial charge in [0, 0.05) is 32.4 Å². The number of anilines is 2. The molecule has 7 heteroatoms. The van der Waals surface area contributed by atoms with Gasteiger partial charge in [-0.2, -0.15) is 5.10 Å². The SMILES string of the molecule is Cc1nc(N2CCN(C)CC2)ccc1NC(=O)c1cn[nH]c1. The largest absolute Gasteiger partial charge is 0.354 e. The fraction of sp³-hybridized carbons (Fsp3) is 0.400. The van der Waals surface area contributed by atoms with Gasteiger partial charge in [-0.3, -0.25) is 9.89 Å². The van der Waals surface area contributed by atoms with Gasteiger partial charge in [-0.05, 0) is 26.1 Å². The third-order valence-electron chi connectivity index (χ3n) is 3.91. The molecule has 0 unspecified atom stereocenters. The predicted molar refractivity (Wildman–Crippen MR) is 85.2 cm³/mol. The standard InChI is InChI=1S/C15H20N6O/c1-11-13(19-15(22)12-9-16-17-10-12)3-4-14(18-11)21-7-5-20(2)6-8-21/h3-4,9-10H,5-8H2,1-2H3,(H,16,17)(H,19,22). The van der Waals surface area contributed by atoms with E-state index in [0.29, 0.717) is 5.56 Å². The zero-order valence-electron chi connectivity index (χ0n) is 12.8. The Morgan fingerprint density at radius 1 is 1.27 bits per heavy atom. The second-order valence-corrected chi connectivity index (χ2v) is 5.53. The van der Waals surface area contributed by atoms with Crippen LogP contribution >= 0.6 is 0 Å². The number of carbonyl (C=O) groups is 1. The van der Waals surface area contributed by atoms with Crippen LogP contribution in [0.2, 0.25) is 0 Å². The summed E-state index contributed by atoms with van der Waals surface area (Å²) in [6.07, 6.45) is 3.06. The highest BCUT2D eigenvalue weighted by molar-refractivity contribution is 6.04. The molecule has 116 valence electrons. The van der Waals surface area contributed by atoms with E-state index in [0.717, 1.165) is 43.4 Å². The summed E-state index contributed by atoms with van der Waals surface area (Å²) in [6, 6.07) is 3.87. The van der Waals surface area contributed by atoms with E-state index < -0.39 is 0 Å². The van der Waals surface area contributed by atoms with Crippen LogP contribution in [0.4, 0.5) is 11.5 Å². The minimum atomic E-state index is -0.189. The average molecular weight is 300 g/mol. The first-order valence-electron chi connectivity index (χ1n) is 7.35. The van der Waals surface area contributed by atoms with E-state index in [1.807, 2.05) is 19.1 Å². The summed E-state index contributed by atoms with van der Waals surface area (Å²) in [7, 11) is 2.13. The number of likely N-dealkylation sites (N-methyl/N-ethyl adjacent to an activating group) is 1. The molecule has 2 aromatic heterocycles. The van der Waals surface area contributed by atoms with Gasteiger partial charge in [0.1, 0.15) is 5.82 Å². The summed E-state index contributed by atoms with van der Waals surface area (Å²) in [5.74, 6) is 0.776. The van der Waals surface area contributed by atoms with E-state index in [1.54, 1.807) is 6.20 Å². The van der Waals surface area contributed by atoms with Crippen molar-refractivity contribution in [1.29, 1.82) is 0 Å². The van der Waals surface area contributed by atoms with Crippen molar-refractivity contribution in [2.75, 3.05) is 43.4 Å². The van der Waals surface area contributed by atoms with Gasteiger partial charge < -0.3 is 15.1 Å². The first-order valence-corrected chi connectivity index (χ1v) is 7.35. The zero-order chi connectivity index (χ0) is 15.5. The molecule has 0 radical (unpaired) electrons. The van der Waals surface area contributed by atoms with E-state index in [1.165, 1.54) is 6.20 Å². The quantitative estimate of drug-likeness (QED) is 0.888. The van der Waals surface area contributed by atoms with E-state index in [4.69, 9.17) is 0 Å². The Balaban J connectivity index is 1.71. The number of aromatic nitrogens is 3. The van der Waals surface area contributed by atoms with Gasteiger partial charge in [-0.25, -0.2) is 4.98 Å². The topological polar surface area (TPSA) is 77.2 Å². The van der Waals surface area contributed by atoms with Gasteiger partial charge in [-0.15, -0.1) is 0 Å². The Kier molecular flexibility index (Phi) is 4.06. The Morgan fingerprint density at radius 3 is 2.68 bits per heavy atom. The van der Waals surface area contributed by atoms with Gasteiger partial charge >= 0.3 is 0 Å². The smallest absolute Gasteiger partial charge is 0.258 e. The van der Waals surface area contributed by atoms with Crippen LogP contribution in [-0.4, -0.2) is 59.2 Å². The maximum Gasteiger partial charge on any atom is 0.258 e. The van der Waals surface area contributed by atoms with Crippen LogP contribution in [0.1, 0.15) is 16.1 Å². The van der Waals surface area contributed by atoms with Crippen molar-refractivity contribution < 1.29 is 4.79 Å². The number of nitrogens with zero attached hydrogens (tertiary/aromatic N) is 4. The fourth-order valence-electron chi connectivity index (χ4n) is 2.46. The summed E-state index contributed by atoms with van der Waals surface area (Å²) in [6.45, 7) is 5.94. The summed E-state index contributed by atoms with van der Waals surface area (Å²) >= 11 is 0. The van der Waals surface area contributed by atoms with Crippen LogP contribution in [0, 0.1) is 6.92 Å². The molecule has 0 saturated carbocycles. The molecule has 1 saturated heterocycles. The highest BCUT2D eigenvalue weighted by atomic mass is 16.1. The van der Waals surface area contributed by atoms with E-state index in [-0.39, 0.29) is 5.91 Å². The second-order valence-electron chi connectivity index (χ2n) is 5.53. The monoisotopic (exact) mass is 300 g/mol. The molecule has 0 atom stereocenters. The second kappa shape index (κ2) is 6.15. The number of hydrogen-bond acceptors (Lipinski definition) is 5. The van der Waals surface area contributed by atoms with Crippen molar-refractivity contribution in [3.8, 4) is 0 Å². The van der Waals surface area contributed by atoms with Crippen LogP contribution in [0.5, 0.6) is 0 Å². The van der Waals surface area contributed by atoms with Crippen molar-refractivity contribution in [2.24, 2.45) is 0 Å². The lowest BCUT2D eigenvalue weighted by Gasteiger charge is -2.33. The van der Waals surface area contributed by atoms with E-state index >= 15 is 0 Å². The highest BCUT2D eigenvalue weighted by Gasteiger charge is 2.16. The first-order chi connectivity index (χ1) is 10.6. The third kappa shape index (κ3) is 3.09. The lowest BCUT2D eigenvalue weighted by molar-refractivity contribution is 0.102. The van der Waals surface area contributed by atoms with Crippen LogP contribution < -0.4 is 10.2 Å². The summed E-state index contributed by atoms with van der Waals surface area (Å²) < 4.78 is 0. The van der Waals surface area contributed by atoms with Crippen molar-refractivity contribution >= 4 is 17.4 Å². The van der Waals surface area contributed by atoms with Crippen LogP contribution in [0.15, 0.2) is 24.5 Å². The lowest BCUT2D eigenvalue weighted by atomic mass is 10.2. The van der Waals surface area contributed by atoms with E-state index in [9.17, 15) is 4.79 Å². The molecule has 2 N–H and O–H groups in total. The van der Waals surface area contributed by atoms with Crippen molar-refractivity contribution in [2.45, 2.75) is 6.92 Å². The van der Waals surface area contributed by atoms with Crippen molar-refractivity contribution in [1.82, 2.24) is 20.1 Å². The first kappa shape index (κ1) is 14.5. The van der Waals surface area contributed by atoms with Gasteiger partial charge in [0.2, 0.25) is 0 Å². The number of rotatable bonds is 3.